The highest BCUT2D eigenvalue weighted by Gasteiger charge is 2.49. The predicted molar refractivity (Wildman–Crippen MR) is 149 cm³/mol. The third-order valence-corrected chi connectivity index (χ3v) is 7.29. The average Bonchev–Trinajstić information content (AvgIpc) is 3.01. The summed E-state index contributed by atoms with van der Waals surface area (Å²) in [6, 6.07) is 7.91. The lowest BCUT2D eigenvalue weighted by molar-refractivity contribution is -0.331. The van der Waals surface area contributed by atoms with Crippen LogP contribution in [0.15, 0.2) is 42.5 Å². The van der Waals surface area contributed by atoms with Crippen molar-refractivity contribution in [3.8, 4) is 23.0 Å². The first-order valence-electron chi connectivity index (χ1n) is 13.9. The van der Waals surface area contributed by atoms with Crippen molar-refractivity contribution >= 4 is 12.0 Å². The smallest absolute Gasteiger partial charge is 0.331 e. The summed E-state index contributed by atoms with van der Waals surface area (Å²) in [6.07, 6.45) is -13.5. The third-order valence-electron chi connectivity index (χ3n) is 7.29. The van der Waals surface area contributed by atoms with Crippen LogP contribution in [0.3, 0.4) is 0 Å². The second-order valence-corrected chi connectivity index (χ2v) is 10.5. The van der Waals surface area contributed by atoms with Crippen molar-refractivity contribution in [1.82, 2.24) is 0 Å². The summed E-state index contributed by atoms with van der Waals surface area (Å²) in [5, 5.41) is 100.0. The second kappa shape index (κ2) is 15.2. The van der Waals surface area contributed by atoms with Crippen LogP contribution >= 0.6 is 0 Å². The van der Waals surface area contributed by atoms with Gasteiger partial charge >= 0.3 is 5.97 Å². The van der Waals surface area contributed by atoms with Gasteiger partial charge in [-0.25, -0.2) is 4.79 Å². The maximum atomic E-state index is 12.7. The van der Waals surface area contributed by atoms with Crippen LogP contribution in [0.4, 0.5) is 0 Å². The maximum absolute atomic E-state index is 12.7. The maximum Gasteiger partial charge on any atom is 0.331 e. The van der Waals surface area contributed by atoms with Crippen LogP contribution in [0.25, 0.3) is 6.08 Å². The van der Waals surface area contributed by atoms with Crippen LogP contribution in [0.5, 0.6) is 23.0 Å². The van der Waals surface area contributed by atoms with Crippen molar-refractivity contribution in [2.24, 2.45) is 0 Å². The van der Waals surface area contributed by atoms with Crippen molar-refractivity contribution in [3.05, 3.63) is 53.6 Å². The van der Waals surface area contributed by atoms with E-state index < -0.39 is 86.3 Å². The highest BCUT2D eigenvalue weighted by atomic mass is 16.7. The van der Waals surface area contributed by atoms with E-state index in [1.165, 1.54) is 42.5 Å². The van der Waals surface area contributed by atoms with E-state index in [4.69, 9.17) is 23.7 Å². The highest BCUT2D eigenvalue weighted by Crippen LogP contribution is 2.29. The van der Waals surface area contributed by atoms with Crippen molar-refractivity contribution in [3.63, 3.8) is 0 Å². The molecule has 0 spiro atoms. The molecule has 2 aliphatic rings. The largest absolute Gasteiger partial charge is 0.504 e. The zero-order chi connectivity index (χ0) is 32.8. The Bertz CT molecular complexity index is 1320. The van der Waals surface area contributed by atoms with Crippen molar-refractivity contribution in [2.75, 3.05) is 19.8 Å². The molecule has 10 atom stereocenters. The van der Waals surface area contributed by atoms with Gasteiger partial charge < -0.3 is 74.7 Å². The lowest BCUT2D eigenvalue weighted by atomic mass is 9.98. The number of aliphatic hydroxyl groups excluding tert-OH is 6. The van der Waals surface area contributed by atoms with Gasteiger partial charge in [0.05, 0.1) is 19.8 Å². The van der Waals surface area contributed by atoms with Gasteiger partial charge in [0.1, 0.15) is 42.7 Å². The molecule has 4 rings (SSSR count). The van der Waals surface area contributed by atoms with Crippen LogP contribution < -0.4 is 0 Å². The molecular formula is C29H36O16. The second-order valence-electron chi connectivity index (χ2n) is 10.5. The van der Waals surface area contributed by atoms with Crippen LogP contribution in [-0.4, -0.2) is 138 Å². The minimum Gasteiger partial charge on any atom is -0.504 e. The Labute approximate surface area is 256 Å². The summed E-state index contributed by atoms with van der Waals surface area (Å²) in [4.78, 5) is 12.7. The molecule has 2 aliphatic heterocycles. The molecule has 0 amide bonds. The topological polar surface area (TPSA) is 266 Å². The standard InChI is InChI=1S/C29H36O16/c30-11-19-22(36)24(38)25(39)28(43-19)42-12-20-23(37)27(45-21(35)6-3-13-1-4-15(31)17(33)9-13)26(40)29(44-20)41-8-7-14-2-5-16(32)18(34)10-14/h1-6,9-10,19-20,22-34,36-40H,7-8,11-12H2/b6-3+/t19-,20-,22-,23-,24+,25-,26-,27+,28-,29-/m1/s1. The molecular weight excluding hydrogens is 604 g/mol. The van der Waals surface area contributed by atoms with Crippen LogP contribution in [0.1, 0.15) is 11.1 Å². The number of hydrogen-bond acceptors (Lipinski definition) is 16. The Hall–Kier alpha value is -3.55. The number of hydrogen-bond donors (Lipinski definition) is 10. The normalized spacial score (nSPS) is 32.0. The molecule has 2 aromatic carbocycles. The van der Waals surface area contributed by atoms with Gasteiger partial charge in [0, 0.05) is 6.08 Å². The van der Waals surface area contributed by atoms with Gasteiger partial charge in [0.25, 0.3) is 0 Å². The summed E-state index contributed by atoms with van der Waals surface area (Å²) in [5.41, 5.74) is 0.883. The van der Waals surface area contributed by atoms with Gasteiger partial charge in [-0.1, -0.05) is 12.1 Å². The van der Waals surface area contributed by atoms with E-state index in [2.05, 4.69) is 0 Å². The van der Waals surface area contributed by atoms with Gasteiger partial charge in [0.15, 0.2) is 41.7 Å². The summed E-state index contributed by atoms with van der Waals surface area (Å²) < 4.78 is 27.5. The van der Waals surface area contributed by atoms with E-state index in [-0.39, 0.29) is 30.3 Å². The van der Waals surface area contributed by atoms with Gasteiger partial charge in [0.2, 0.25) is 0 Å². The molecule has 0 bridgehead atoms. The lowest BCUT2D eigenvalue weighted by Crippen LogP contribution is -2.62. The van der Waals surface area contributed by atoms with Crippen molar-refractivity contribution in [1.29, 1.82) is 0 Å². The van der Waals surface area contributed by atoms with E-state index in [0.29, 0.717) is 11.1 Å². The number of phenolic OH excluding ortho intramolecular Hbond substituents is 4. The SMILES string of the molecule is O=C(/C=C/c1ccc(O)c(O)c1)O[C@@H]1[C@@H](O)[C@H](OCCc2ccc(O)c(O)c2)O[C@H](CO[C@@H]2O[C@H](CO)[C@@H](O)[C@H](O)[C@H]2O)[C@H]1O. The quantitative estimate of drug-likeness (QED) is 0.0720. The van der Waals surface area contributed by atoms with E-state index in [1.807, 2.05) is 0 Å². The summed E-state index contributed by atoms with van der Waals surface area (Å²) >= 11 is 0. The molecule has 248 valence electrons. The molecule has 0 aliphatic carbocycles. The molecule has 16 nitrogen and oxygen atoms in total. The average molecular weight is 641 g/mol. The fraction of sp³-hybridized carbons (Fsp3) is 0.483. The zero-order valence-electron chi connectivity index (χ0n) is 23.6. The van der Waals surface area contributed by atoms with E-state index in [1.54, 1.807) is 0 Å². The van der Waals surface area contributed by atoms with Gasteiger partial charge in [-0.3, -0.25) is 0 Å². The van der Waals surface area contributed by atoms with Crippen molar-refractivity contribution < 1.29 is 79.5 Å². The van der Waals surface area contributed by atoms with Gasteiger partial charge in [-0.15, -0.1) is 0 Å². The number of phenols is 4. The number of rotatable bonds is 11. The fourth-order valence-corrected chi connectivity index (χ4v) is 4.71. The Morgan fingerprint density at radius 2 is 1.38 bits per heavy atom. The Balaban J connectivity index is 1.46. The molecule has 0 aromatic heterocycles. The van der Waals surface area contributed by atoms with E-state index in [0.717, 1.165) is 6.08 Å². The summed E-state index contributed by atoms with van der Waals surface area (Å²) in [5.74, 6) is -2.47. The molecule has 2 heterocycles. The monoisotopic (exact) mass is 640 g/mol. The number of carbonyl (C=O) groups is 1. The molecule has 16 heteroatoms. The molecule has 45 heavy (non-hydrogen) atoms. The van der Waals surface area contributed by atoms with Crippen LogP contribution in [0, 0.1) is 0 Å². The highest BCUT2D eigenvalue weighted by molar-refractivity contribution is 5.87. The molecule has 0 radical (unpaired) electrons. The Kier molecular flexibility index (Phi) is 11.6. The molecule has 2 fully saturated rings. The number of esters is 1. The number of carbonyl (C=O) groups excluding carboxylic acids is 1. The van der Waals surface area contributed by atoms with Crippen LogP contribution in [-0.2, 0) is 34.9 Å². The first-order valence-corrected chi connectivity index (χ1v) is 13.9. The van der Waals surface area contributed by atoms with Gasteiger partial charge in [-0.05, 0) is 47.9 Å². The van der Waals surface area contributed by atoms with E-state index >= 15 is 0 Å². The number of ether oxygens (including phenoxy) is 5. The summed E-state index contributed by atoms with van der Waals surface area (Å²) in [7, 11) is 0. The first kappa shape index (κ1) is 34.3. The minimum absolute atomic E-state index is 0.104. The lowest BCUT2D eigenvalue weighted by Gasteiger charge is -2.43. The molecule has 2 aromatic rings. The number of aromatic hydroxyl groups is 4. The molecule has 10 N–H and O–H groups in total. The first-order chi connectivity index (χ1) is 21.4. The number of benzene rings is 2. The Morgan fingerprint density at radius 1 is 0.733 bits per heavy atom. The van der Waals surface area contributed by atoms with Crippen molar-refractivity contribution in [2.45, 2.75) is 67.8 Å². The van der Waals surface area contributed by atoms with E-state index in [9.17, 15) is 55.9 Å². The Morgan fingerprint density at radius 3 is 2.04 bits per heavy atom. The molecule has 2 saturated heterocycles. The van der Waals surface area contributed by atoms with Gasteiger partial charge in [-0.2, -0.15) is 0 Å². The molecule has 0 saturated carbocycles. The third kappa shape index (κ3) is 8.39. The fourth-order valence-electron chi connectivity index (χ4n) is 4.71. The zero-order valence-corrected chi connectivity index (χ0v) is 23.6. The summed E-state index contributed by atoms with van der Waals surface area (Å²) in [6.45, 7) is -1.38. The number of aliphatic hydroxyl groups is 6. The van der Waals surface area contributed by atoms with Crippen LogP contribution in [0.2, 0.25) is 0 Å². The minimum atomic E-state index is -1.75. The molecule has 0 unspecified atom stereocenters. The predicted octanol–water partition coefficient (Wildman–Crippen LogP) is -2.04.